The van der Waals surface area contributed by atoms with Crippen molar-refractivity contribution >= 4 is 5.78 Å². The molecule has 0 spiro atoms. The Morgan fingerprint density at radius 3 is 2.75 bits per heavy atom. The molecular weight excluding hydrogens is 262 g/mol. The summed E-state index contributed by atoms with van der Waals surface area (Å²) in [5.41, 5.74) is 1.20. The number of aryl methyl sites for hydroxylation is 1. The van der Waals surface area contributed by atoms with Crippen LogP contribution in [0.15, 0.2) is 30.3 Å². The molecule has 1 aliphatic rings. The molecule has 0 bridgehead atoms. The molecule has 2 nitrogen and oxygen atoms in total. The van der Waals surface area contributed by atoms with E-state index in [1.165, 1.54) is 6.92 Å². The molecule has 4 heteroatoms. The van der Waals surface area contributed by atoms with Crippen molar-refractivity contribution in [3.05, 3.63) is 64.2 Å². The number of halogens is 2. The third-order valence-electron chi connectivity index (χ3n) is 3.44. The minimum Gasteiger partial charge on any atom is -0.493 e. The first-order valence-corrected chi connectivity index (χ1v) is 6.32. The normalized spacial score (nSPS) is 12.9. The number of ether oxygens (including phenoxy) is 1. The van der Waals surface area contributed by atoms with Crippen molar-refractivity contribution in [3.63, 3.8) is 0 Å². The summed E-state index contributed by atoms with van der Waals surface area (Å²) in [7, 11) is 0. The number of rotatable bonds is 2. The largest absolute Gasteiger partial charge is 0.493 e. The fourth-order valence-electron chi connectivity index (χ4n) is 2.30. The Balaban J connectivity index is 2.03. The van der Waals surface area contributed by atoms with Crippen LogP contribution < -0.4 is 4.74 Å². The molecule has 0 amide bonds. The molecule has 3 rings (SSSR count). The molecule has 1 aliphatic heterocycles. The minimum atomic E-state index is -0.703. The van der Waals surface area contributed by atoms with E-state index in [9.17, 15) is 13.6 Å². The van der Waals surface area contributed by atoms with E-state index in [-0.39, 0.29) is 11.1 Å². The Bertz CT molecular complexity index is 708. The summed E-state index contributed by atoms with van der Waals surface area (Å²) >= 11 is 0. The van der Waals surface area contributed by atoms with Crippen LogP contribution in [0.4, 0.5) is 8.78 Å². The van der Waals surface area contributed by atoms with Gasteiger partial charge in [0, 0.05) is 12.0 Å². The summed E-state index contributed by atoms with van der Waals surface area (Å²) in [5.74, 6) is -1.06. The number of ketones is 1. The maximum atomic E-state index is 13.8. The van der Waals surface area contributed by atoms with Gasteiger partial charge in [-0.15, -0.1) is 0 Å². The third kappa shape index (κ3) is 2.07. The van der Waals surface area contributed by atoms with Crippen molar-refractivity contribution in [1.82, 2.24) is 0 Å². The molecule has 0 atom stereocenters. The van der Waals surface area contributed by atoms with Crippen molar-refractivity contribution in [1.29, 1.82) is 0 Å². The fourth-order valence-corrected chi connectivity index (χ4v) is 2.30. The highest BCUT2D eigenvalue weighted by Gasteiger charge is 2.19. The van der Waals surface area contributed by atoms with E-state index in [1.807, 2.05) is 0 Å². The van der Waals surface area contributed by atoms with Gasteiger partial charge in [0.2, 0.25) is 0 Å². The lowest BCUT2D eigenvalue weighted by Gasteiger charge is -2.06. The molecule has 0 radical (unpaired) electrons. The van der Waals surface area contributed by atoms with Gasteiger partial charge in [0.1, 0.15) is 17.4 Å². The molecule has 20 heavy (non-hydrogen) atoms. The zero-order valence-corrected chi connectivity index (χ0v) is 10.9. The molecule has 0 unspecified atom stereocenters. The van der Waals surface area contributed by atoms with Crippen molar-refractivity contribution in [3.8, 4) is 5.75 Å². The van der Waals surface area contributed by atoms with E-state index in [1.54, 1.807) is 18.2 Å². The highest BCUT2D eigenvalue weighted by atomic mass is 19.1. The number of benzene rings is 2. The molecule has 102 valence electrons. The summed E-state index contributed by atoms with van der Waals surface area (Å²) in [6.45, 7) is 2.04. The number of carbonyl (C=O) groups excluding carboxylic acids is 1. The molecule has 1 heterocycles. The lowest BCUT2D eigenvalue weighted by molar-refractivity contribution is 0.103. The zero-order chi connectivity index (χ0) is 14.3. The lowest BCUT2D eigenvalue weighted by atomic mass is 9.99. The Morgan fingerprint density at radius 2 is 1.95 bits per heavy atom. The first-order valence-electron chi connectivity index (χ1n) is 6.32. The quantitative estimate of drug-likeness (QED) is 0.784. The molecule has 0 N–H and O–H groups in total. The monoisotopic (exact) mass is 274 g/mol. The van der Waals surface area contributed by atoms with Crippen LogP contribution in [0.5, 0.6) is 5.75 Å². The molecule has 0 fully saturated rings. The molecule has 0 saturated heterocycles. The standard InChI is InChI=1S/C16H12F2O2/c1-9-6-14(18)12(8-13(9)17)16(19)11-2-3-15-10(7-11)4-5-20-15/h2-3,6-8H,4-5H2,1H3. The molecular formula is C16H12F2O2. The van der Waals surface area contributed by atoms with Gasteiger partial charge in [0.25, 0.3) is 0 Å². The van der Waals surface area contributed by atoms with Crippen LogP contribution in [0, 0.1) is 18.6 Å². The van der Waals surface area contributed by atoms with E-state index in [0.29, 0.717) is 12.2 Å². The van der Waals surface area contributed by atoms with Crippen LogP contribution in [-0.4, -0.2) is 12.4 Å². The Morgan fingerprint density at radius 1 is 1.15 bits per heavy atom. The van der Waals surface area contributed by atoms with E-state index in [4.69, 9.17) is 4.74 Å². The van der Waals surface area contributed by atoms with Crippen LogP contribution >= 0.6 is 0 Å². The smallest absolute Gasteiger partial charge is 0.196 e. The average Bonchev–Trinajstić information content (AvgIpc) is 2.89. The topological polar surface area (TPSA) is 26.3 Å². The number of hydrogen-bond acceptors (Lipinski definition) is 2. The molecule has 2 aromatic rings. The van der Waals surface area contributed by atoms with E-state index >= 15 is 0 Å². The zero-order valence-electron chi connectivity index (χ0n) is 10.9. The minimum absolute atomic E-state index is 0.182. The van der Waals surface area contributed by atoms with Crippen molar-refractivity contribution < 1.29 is 18.3 Å². The van der Waals surface area contributed by atoms with Gasteiger partial charge in [-0.25, -0.2) is 8.78 Å². The van der Waals surface area contributed by atoms with Crippen LogP contribution in [0.2, 0.25) is 0 Å². The summed E-state index contributed by atoms with van der Waals surface area (Å²) < 4.78 is 32.7. The SMILES string of the molecule is Cc1cc(F)c(C(=O)c2ccc3c(c2)CCO3)cc1F. The fraction of sp³-hybridized carbons (Fsp3) is 0.188. The molecule has 2 aromatic carbocycles. The molecule has 0 aliphatic carbocycles. The van der Waals surface area contributed by atoms with Crippen molar-refractivity contribution in [2.24, 2.45) is 0 Å². The second-order valence-corrected chi connectivity index (χ2v) is 4.83. The Labute approximate surface area is 115 Å². The van der Waals surface area contributed by atoms with E-state index in [0.717, 1.165) is 29.9 Å². The first-order chi connectivity index (χ1) is 9.56. The Hall–Kier alpha value is -2.23. The second kappa shape index (κ2) is 4.71. The maximum absolute atomic E-state index is 13.8. The van der Waals surface area contributed by atoms with Gasteiger partial charge in [-0.3, -0.25) is 4.79 Å². The highest BCUT2D eigenvalue weighted by Crippen LogP contribution is 2.27. The van der Waals surface area contributed by atoms with Gasteiger partial charge in [-0.05, 0) is 48.4 Å². The van der Waals surface area contributed by atoms with Crippen molar-refractivity contribution in [2.45, 2.75) is 13.3 Å². The van der Waals surface area contributed by atoms with E-state index in [2.05, 4.69) is 0 Å². The summed E-state index contributed by atoms with van der Waals surface area (Å²) in [6.07, 6.45) is 0.723. The predicted molar refractivity (Wildman–Crippen MR) is 70.2 cm³/mol. The van der Waals surface area contributed by atoms with Crippen LogP contribution in [0.3, 0.4) is 0 Å². The van der Waals surface area contributed by atoms with E-state index < -0.39 is 17.4 Å². The number of carbonyl (C=O) groups is 1. The highest BCUT2D eigenvalue weighted by molar-refractivity contribution is 6.09. The Kier molecular flexibility index (Phi) is 3.01. The third-order valence-corrected chi connectivity index (χ3v) is 3.44. The average molecular weight is 274 g/mol. The van der Waals surface area contributed by atoms with Crippen LogP contribution in [0.1, 0.15) is 27.0 Å². The maximum Gasteiger partial charge on any atom is 0.196 e. The van der Waals surface area contributed by atoms with Gasteiger partial charge in [0.15, 0.2) is 5.78 Å². The first kappa shape index (κ1) is 12.8. The van der Waals surface area contributed by atoms with Crippen LogP contribution in [-0.2, 0) is 6.42 Å². The number of fused-ring (bicyclic) bond motifs is 1. The van der Waals surface area contributed by atoms with Crippen LogP contribution in [0.25, 0.3) is 0 Å². The summed E-state index contributed by atoms with van der Waals surface area (Å²) in [6, 6.07) is 6.94. The van der Waals surface area contributed by atoms with Gasteiger partial charge in [-0.2, -0.15) is 0 Å². The van der Waals surface area contributed by atoms with Gasteiger partial charge in [0.05, 0.1) is 12.2 Å². The van der Waals surface area contributed by atoms with Gasteiger partial charge >= 0.3 is 0 Å². The molecule has 0 saturated carbocycles. The summed E-state index contributed by atoms with van der Waals surface area (Å²) in [5, 5.41) is 0. The lowest BCUT2D eigenvalue weighted by Crippen LogP contribution is -2.06. The summed E-state index contributed by atoms with van der Waals surface area (Å²) in [4.78, 5) is 12.3. The number of hydrogen-bond donors (Lipinski definition) is 0. The predicted octanol–water partition coefficient (Wildman–Crippen LogP) is 3.44. The van der Waals surface area contributed by atoms with Gasteiger partial charge in [-0.1, -0.05) is 0 Å². The van der Waals surface area contributed by atoms with Gasteiger partial charge < -0.3 is 4.74 Å². The molecule has 0 aromatic heterocycles. The second-order valence-electron chi connectivity index (χ2n) is 4.83. The van der Waals surface area contributed by atoms with Crippen molar-refractivity contribution in [2.75, 3.05) is 6.61 Å².